The van der Waals surface area contributed by atoms with Crippen molar-refractivity contribution in [2.75, 3.05) is 19.5 Å². The Labute approximate surface area is 150 Å². The van der Waals surface area contributed by atoms with Gasteiger partial charge in [0.05, 0.1) is 24.1 Å². The first kappa shape index (κ1) is 17.3. The number of anilines is 1. The number of amides is 2. The molecule has 6 nitrogen and oxygen atoms in total. The van der Waals surface area contributed by atoms with Gasteiger partial charge in [-0.25, -0.2) is 0 Å². The Morgan fingerprint density at radius 3 is 2.56 bits per heavy atom. The molecule has 1 aromatic heterocycles. The Morgan fingerprint density at radius 1 is 1.12 bits per heavy atom. The molecule has 0 unspecified atom stereocenters. The van der Waals surface area contributed by atoms with E-state index in [1.54, 1.807) is 32.4 Å². The molecule has 0 spiro atoms. The van der Waals surface area contributed by atoms with Crippen molar-refractivity contribution in [3.63, 3.8) is 0 Å². The zero-order valence-electron chi connectivity index (χ0n) is 14.1. The first-order valence-electron chi connectivity index (χ1n) is 8.00. The van der Waals surface area contributed by atoms with E-state index in [9.17, 15) is 9.59 Å². The number of nitrogens with one attached hydrogen (secondary N) is 2. The summed E-state index contributed by atoms with van der Waals surface area (Å²) in [5.41, 5.74) is 0.907. The van der Waals surface area contributed by atoms with Gasteiger partial charge in [0.15, 0.2) is 11.5 Å². The Bertz CT molecular complexity index is 783. The topological polar surface area (TPSA) is 76.7 Å². The molecule has 2 amide bonds. The SMILES string of the molecule is COc1ccc(CNC(=O)c2ccc(NC(=O)C3CC3)s2)cc1OC. The van der Waals surface area contributed by atoms with Crippen LogP contribution in [0.3, 0.4) is 0 Å². The average Bonchev–Trinajstić information content (AvgIpc) is 3.39. The Morgan fingerprint density at radius 2 is 1.88 bits per heavy atom. The normalized spacial score (nSPS) is 13.2. The maximum atomic E-state index is 12.3. The lowest BCUT2D eigenvalue weighted by molar-refractivity contribution is -0.117. The van der Waals surface area contributed by atoms with Crippen molar-refractivity contribution < 1.29 is 19.1 Å². The minimum Gasteiger partial charge on any atom is -0.493 e. The Hall–Kier alpha value is -2.54. The quantitative estimate of drug-likeness (QED) is 0.796. The molecule has 0 saturated heterocycles. The van der Waals surface area contributed by atoms with E-state index >= 15 is 0 Å². The van der Waals surface area contributed by atoms with Gasteiger partial charge in [-0.2, -0.15) is 0 Å². The highest BCUT2D eigenvalue weighted by Crippen LogP contribution is 2.31. The summed E-state index contributed by atoms with van der Waals surface area (Å²) in [6.07, 6.45) is 1.91. The van der Waals surface area contributed by atoms with E-state index in [4.69, 9.17) is 9.47 Å². The predicted molar refractivity (Wildman–Crippen MR) is 96.4 cm³/mol. The molecule has 132 valence electrons. The molecule has 2 aromatic rings. The summed E-state index contributed by atoms with van der Waals surface area (Å²) in [5, 5.41) is 6.42. The first-order chi connectivity index (χ1) is 12.1. The third-order valence-electron chi connectivity index (χ3n) is 3.93. The minimum atomic E-state index is -0.174. The molecule has 3 rings (SSSR count). The van der Waals surface area contributed by atoms with Gasteiger partial charge < -0.3 is 20.1 Å². The summed E-state index contributed by atoms with van der Waals surface area (Å²) in [5.74, 6) is 1.28. The summed E-state index contributed by atoms with van der Waals surface area (Å²) in [7, 11) is 3.15. The van der Waals surface area contributed by atoms with E-state index in [0.717, 1.165) is 18.4 Å². The fourth-order valence-corrected chi connectivity index (χ4v) is 3.18. The number of ether oxygens (including phenoxy) is 2. The van der Waals surface area contributed by atoms with Crippen LogP contribution >= 0.6 is 11.3 Å². The number of thiophene rings is 1. The van der Waals surface area contributed by atoms with E-state index in [2.05, 4.69) is 10.6 Å². The van der Waals surface area contributed by atoms with Crippen molar-refractivity contribution in [3.05, 3.63) is 40.8 Å². The van der Waals surface area contributed by atoms with E-state index in [1.165, 1.54) is 11.3 Å². The number of carbonyl (C=O) groups excluding carboxylic acids is 2. The van der Waals surface area contributed by atoms with Crippen molar-refractivity contribution in [1.82, 2.24) is 5.32 Å². The van der Waals surface area contributed by atoms with Crippen LogP contribution in [0.4, 0.5) is 5.00 Å². The average molecular weight is 360 g/mol. The van der Waals surface area contributed by atoms with Crippen LogP contribution in [0, 0.1) is 5.92 Å². The van der Waals surface area contributed by atoms with Crippen LogP contribution in [0.25, 0.3) is 0 Å². The molecule has 0 bridgehead atoms. The van der Waals surface area contributed by atoms with Crippen LogP contribution in [0.5, 0.6) is 11.5 Å². The van der Waals surface area contributed by atoms with Crippen molar-refractivity contribution in [3.8, 4) is 11.5 Å². The van der Waals surface area contributed by atoms with Crippen LogP contribution in [-0.4, -0.2) is 26.0 Å². The van der Waals surface area contributed by atoms with E-state index in [1.807, 2.05) is 12.1 Å². The lowest BCUT2D eigenvalue weighted by Crippen LogP contribution is -2.21. The van der Waals surface area contributed by atoms with Crippen LogP contribution < -0.4 is 20.1 Å². The molecule has 1 heterocycles. The molecular weight excluding hydrogens is 340 g/mol. The maximum absolute atomic E-state index is 12.3. The lowest BCUT2D eigenvalue weighted by Gasteiger charge is -2.10. The Kier molecular flexibility index (Phi) is 5.23. The number of benzene rings is 1. The van der Waals surface area contributed by atoms with Gasteiger partial charge in [0.1, 0.15) is 0 Å². The molecule has 0 atom stereocenters. The van der Waals surface area contributed by atoms with Gasteiger partial charge in [0, 0.05) is 12.5 Å². The second-order valence-corrected chi connectivity index (χ2v) is 6.88. The highest BCUT2D eigenvalue weighted by Gasteiger charge is 2.29. The van der Waals surface area contributed by atoms with Crippen LogP contribution in [0.2, 0.25) is 0 Å². The molecule has 0 aliphatic heterocycles. The number of rotatable bonds is 7. The van der Waals surface area contributed by atoms with Crippen LogP contribution in [0.15, 0.2) is 30.3 Å². The molecule has 1 aliphatic carbocycles. The van der Waals surface area contributed by atoms with Crippen molar-refractivity contribution >= 4 is 28.2 Å². The molecule has 1 saturated carbocycles. The standard InChI is InChI=1S/C18H20N2O4S/c1-23-13-6-3-11(9-14(13)24-2)10-19-18(22)15-7-8-16(25-15)20-17(21)12-4-5-12/h3,6-9,12H,4-5,10H2,1-2H3,(H,19,22)(H,20,21). The summed E-state index contributed by atoms with van der Waals surface area (Å²) < 4.78 is 10.5. The summed E-state index contributed by atoms with van der Waals surface area (Å²) in [6, 6.07) is 8.98. The van der Waals surface area contributed by atoms with Gasteiger partial charge in [-0.15, -0.1) is 11.3 Å². The fraction of sp³-hybridized carbons (Fsp3) is 0.333. The van der Waals surface area contributed by atoms with Gasteiger partial charge >= 0.3 is 0 Å². The molecule has 25 heavy (non-hydrogen) atoms. The van der Waals surface area contributed by atoms with Crippen LogP contribution in [-0.2, 0) is 11.3 Å². The maximum Gasteiger partial charge on any atom is 0.261 e. The molecular formula is C18H20N2O4S. The largest absolute Gasteiger partial charge is 0.493 e. The molecule has 2 N–H and O–H groups in total. The third kappa shape index (κ3) is 4.30. The number of carbonyl (C=O) groups is 2. The minimum absolute atomic E-state index is 0.0409. The lowest BCUT2D eigenvalue weighted by atomic mass is 10.2. The van der Waals surface area contributed by atoms with Gasteiger partial charge in [-0.05, 0) is 42.7 Å². The fourth-order valence-electron chi connectivity index (χ4n) is 2.36. The predicted octanol–water partition coefficient (Wildman–Crippen LogP) is 3.04. The Balaban J connectivity index is 1.57. The first-order valence-corrected chi connectivity index (χ1v) is 8.82. The summed E-state index contributed by atoms with van der Waals surface area (Å²) >= 11 is 1.27. The molecule has 0 radical (unpaired) electrons. The van der Waals surface area contributed by atoms with Gasteiger partial charge in [0.2, 0.25) is 5.91 Å². The molecule has 7 heteroatoms. The van der Waals surface area contributed by atoms with Crippen molar-refractivity contribution in [2.45, 2.75) is 19.4 Å². The van der Waals surface area contributed by atoms with Gasteiger partial charge in [-0.3, -0.25) is 9.59 Å². The summed E-state index contributed by atoms with van der Waals surface area (Å²) in [4.78, 5) is 24.6. The smallest absolute Gasteiger partial charge is 0.261 e. The number of hydrogen-bond donors (Lipinski definition) is 2. The molecule has 1 aromatic carbocycles. The van der Waals surface area contributed by atoms with Gasteiger partial charge in [0.25, 0.3) is 5.91 Å². The molecule has 1 fully saturated rings. The zero-order valence-corrected chi connectivity index (χ0v) is 14.9. The molecule has 1 aliphatic rings. The van der Waals surface area contributed by atoms with E-state index < -0.39 is 0 Å². The number of methoxy groups -OCH3 is 2. The van der Waals surface area contributed by atoms with Gasteiger partial charge in [-0.1, -0.05) is 6.07 Å². The highest BCUT2D eigenvalue weighted by molar-refractivity contribution is 7.18. The number of hydrogen-bond acceptors (Lipinski definition) is 5. The monoisotopic (exact) mass is 360 g/mol. The van der Waals surface area contributed by atoms with Crippen LogP contribution in [0.1, 0.15) is 28.1 Å². The van der Waals surface area contributed by atoms with Crippen molar-refractivity contribution in [1.29, 1.82) is 0 Å². The third-order valence-corrected chi connectivity index (χ3v) is 4.92. The zero-order chi connectivity index (χ0) is 17.8. The van der Waals surface area contributed by atoms with E-state index in [0.29, 0.717) is 27.9 Å². The second-order valence-electron chi connectivity index (χ2n) is 5.80. The summed E-state index contributed by atoms with van der Waals surface area (Å²) in [6.45, 7) is 0.376. The van der Waals surface area contributed by atoms with Crippen molar-refractivity contribution in [2.24, 2.45) is 5.92 Å². The highest BCUT2D eigenvalue weighted by atomic mass is 32.1. The second kappa shape index (κ2) is 7.57. The van der Waals surface area contributed by atoms with E-state index in [-0.39, 0.29) is 17.7 Å².